The molecule has 2 N–H and O–H groups in total. The number of nitro groups is 1. The minimum absolute atomic E-state index is 0.0189. The van der Waals surface area contributed by atoms with Crippen LogP contribution in [0.2, 0.25) is 0 Å². The molecule has 0 bridgehead atoms. The maximum Gasteiger partial charge on any atom is 0.319 e. The van der Waals surface area contributed by atoms with Crippen LogP contribution in [0.3, 0.4) is 0 Å². The zero-order valence-corrected chi connectivity index (χ0v) is 14.2. The number of amides is 2. The van der Waals surface area contributed by atoms with Gasteiger partial charge in [0.2, 0.25) is 0 Å². The molecule has 0 heterocycles. The Bertz CT molecular complexity index is 724. The maximum atomic E-state index is 11.8. The van der Waals surface area contributed by atoms with Crippen LogP contribution in [-0.2, 0) is 0 Å². The number of nitrogens with one attached hydrogen (secondary N) is 2. The molecule has 0 atom stereocenters. The quantitative estimate of drug-likeness (QED) is 0.454. The number of aryl methyl sites for hydroxylation is 2. The van der Waals surface area contributed by atoms with Gasteiger partial charge in [0.1, 0.15) is 5.75 Å². The molecule has 0 saturated heterocycles. The van der Waals surface area contributed by atoms with Crippen LogP contribution in [0.1, 0.15) is 17.5 Å². The molecule has 0 aromatic heterocycles. The lowest BCUT2D eigenvalue weighted by molar-refractivity contribution is -0.384. The Morgan fingerprint density at radius 2 is 1.76 bits per heavy atom. The molecule has 25 heavy (non-hydrogen) atoms. The Balaban J connectivity index is 1.69. The number of non-ortho nitro benzene ring substituents is 1. The second kappa shape index (κ2) is 8.68. The summed E-state index contributed by atoms with van der Waals surface area (Å²) in [6, 6.07) is 11.3. The van der Waals surface area contributed by atoms with Crippen molar-refractivity contribution in [3.63, 3.8) is 0 Å². The lowest BCUT2D eigenvalue weighted by Gasteiger charge is -2.12. The maximum absolute atomic E-state index is 11.8. The number of hydrogen-bond donors (Lipinski definition) is 2. The summed E-state index contributed by atoms with van der Waals surface area (Å²) in [6.45, 7) is 4.96. The topological polar surface area (TPSA) is 93.5 Å². The van der Waals surface area contributed by atoms with E-state index in [-0.39, 0.29) is 11.7 Å². The molecule has 0 aliphatic rings. The summed E-state index contributed by atoms with van der Waals surface area (Å²) in [7, 11) is 0. The first-order chi connectivity index (χ1) is 12.0. The van der Waals surface area contributed by atoms with E-state index in [9.17, 15) is 14.9 Å². The van der Waals surface area contributed by atoms with Crippen molar-refractivity contribution in [2.45, 2.75) is 20.3 Å². The number of para-hydroxylation sites is 1. The third kappa shape index (κ3) is 5.49. The zero-order valence-electron chi connectivity index (χ0n) is 14.2. The number of benzene rings is 2. The summed E-state index contributed by atoms with van der Waals surface area (Å²) in [5, 5.41) is 15.9. The summed E-state index contributed by atoms with van der Waals surface area (Å²) in [6.07, 6.45) is 0.668. The zero-order chi connectivity index (χ0) is 18.2. The molecule has 0 saturated carbocycles. The van der Waals surface area contributed by atoms with Crippen molar-refractivity contribution < 1.29 is 14.5 Å². The van der Waals surface area contributed by atoms with Crippen LogP contribution in [0.25, 0.3) is 0 Å². The fourth-order valence-corrected chi connectivity index (χ4v) is 2.32. The number of anilines is 1. The number of carbonyl (C=O) groups is 1. The molecule has 2 rings (SSSR count). The number of ether oxygens (including phenoxy) is 1. The standard InChI is InChI=1S/C18H21N3O4/c1-13-5-3-6-14(2)17(13)25-12-4-11-19-18(22)20-15-7-9-16(10-8-15)21(23)24/h3,5-10H,4,11-12H2,1-2H3,(H2,19,20,22). The summed E-state index contributed by atoms with van der Waals surface area (Å²) in [4.78, 5) is 21.9. The number of urea groups is 1. The summed E-state index contributed by atoms with van der Waals surface area (Å²) in [5.74, 6) is 0.887. The normalized spacial score (nSPS) is 10.2. The van der Waals surface area contributed by atoms with Gasteiger partial charge in [-0.1, -0.05) is 18.2 Å². The third-order valence-electron chi connectivity index (χ3n) is 3.60. The first-order valence-corrected chi connectivity index (χ1v) is 7.95. The van der Waals surface area contributed by atoms with Crippen LogP contribution in [0.4, 0.5) is 16.2 Å². The average molecular weight is 343 g/mol. The molecule has 7 heteroatoms. The van der Waals surface area contributed by atoms with E-state index < -0.39 is 4.92 Å². The second-order valence-electron chi connectivity index (χ2n) is 5.61. The van der Waals surface area contributed by atoms with Gasteiger partial charge in [-0.15, -0.1) is 0 Å². The van der Waals surface area contributed by atoms with E-state index in [1.807, 2.05) is 32.0 Å². The van der Waals surface area contributed by atoms with Gasteiger partial charge >= 0.3 is 6.03 Å². The van der Waals surface area contributed by atoms with Crippen molar-refractivity contribution >= 4 is 17.4 Å². The molecule has 0 aliphatic carbocycles. The van der Waals surface area contributed by atoms with Gasteiger partial charge in [-0.05, 0) is 43.5 Å². The minimum Gasteiger partial charge on any atom is -0.493 e. The number of nitro benzene ring substituents is 1. The number of hydrogen-bond acceptors (Lipinski definition) is 4. The lowest BCUT2D eigenvalue weighted by Crippen LogP contribution is -2.30. The van der Waals surface area contributed by atoms with Gasteiger partial charge in [0, 0.05) is 24.4 Å². The Morgan fingerprint density at radius 3 is 2.36 bits per heavy atom. The van der Waals surface area contributed by atoms with Crippen molar-refractivity contribution in [3.05, 3.63) is 63.7 Å². The number of carbonyl (C=O) groups excluding carboxylic acids is 1. The van der Waals surface area contributed by atoms with E-state index in [1.165, 1.54) is 24.3 Å². The predicted molar refractivity (Wildman–Crippen MR) is 96.1 cm³/mol. The van der Waals surface area contributed by atoms with Crippen molar-refractivity contribution in [2.75, 3.05) is 18.5 Å². The van der Waals surface area contributed by atoms with E-state index in [0.717, 1.165) is 16.9 Å². The van der Waals surface area contributed by atoms with E-state index >= 15 is 0 Å². The van der Waals surface area contributed by atoms with Crippen LogP contribution in [-0.4, -0.2) is 24.1 Å². The van der Waals surface area contributed by atoms with Gasteiger partial charge in [0.05, 0.1) is 11.5 Å². The molecule has 2 aromatic carbocycles. The van der Waals surface area contributed by atoms with Crippen LogP contribution < -0.4 is 15.4 Å². The summed E-state index contributed by atoms with van der Waals surface area (Å²) in [5.41, 5.74) is 2.65. The van der Waals surface area contributed by atoms with Crippen molar-refractivity contribution in [1.82, 2.24) is 5.32 Å². The number of nitrogens with zero attached hydrogens (tertiary/aromatic N) is 1. The fraction of sp³-hybridized carbons (Fsp3) is 0.278. The fourth-order valence-electron chi connectivity index (χ4n) is 2.32. The van der Waals surface area contributed by atoms with E-state index in [4.69, 9.17) is 4.74 Å². The molecule has 0 radical (unpaired) electrons. The monoisotopic (exact) mass is 343 g/mol. The Morgan fingerprint density at radius 1 is 1.12 bits per heavy atom. The molecule has 7 nitrogen and oxygen atoms in total. The first-order valence-electron chi connectivity index (χ1n) is 7.95. The molecule has 0 unspecified atom stereocenters. The van der Waals surface area contributed by atoms with Gasteiger partial charge in [0.15, 0.2) is 0 Å². The summed E-state index contributed by atoms with van der Waals surface area (Å²) >= 11 is 0. The highest BCUT2D eigenvalue weighted by molar-refractivity contribution is 5.89. The van der Waals surface area contributed by atoms with Gasteiger partial charge in [-0.25, -0.2) is 4.79 Å². The molecular weight excluding hydrogens is 322 g/mol. The van der Waals surface area contributed by atoms with Crippen molar-refractivity contribution in [1.29, 1.82) is 0 Å². The Kier molecular flexibility index (Phi) is 6.33. The number of rotatable bonds is 7. The lowest BCUT2D eigenvalue weighted by atomic mass is 10.1. The smallest absolute Gasteiger partial charge is 0.319 e. The van der Waals surface area contributed by atoms with Crippen LogP contribution >= 0.6 is 0 Å². The third-order valence-corrected chi connectivity index (χ3v) is 3.60. The van der Waals surface area contributed by atoms with Crippen LogP contribution in [0, 0.1) is 24.0 Å². The predicted octanol–water partition coefficient (Wildman–Crippen LogP) is 3.80. The molecule has 0 spiro atoms. The average Bonchev–Trinajstić information content (AvgIpc) is 2.57. The van der Waals surface area contributed by atoms with Gasteiger partial charge in [-0.2, -0.15) is 0 Å². The van der Waals surface area contributed by atoms with Crippen molar-refractivity contribution in [2.24, 2.45) is 0 Å². The largest absolute Gasteiger partial charge is 0.493 e. The van der Waals surface area contributed by atoms with Gasteiger partial charge in [0.25, 0.3) is 5.69 Å². The highest BCUT2D eigenvalue weighted by atomic mass is 16.6. The van der Waals surface area contributed by atoms with E-state index in [0.29, 0.717) is 25.3 Å². The minimum atomic E-state index is -0.486. The molecule has 0 fully saturated rings. The highest BCUT2D eigenvalue weighted by Gasteiger charge is 2.06. The van der Waals surface area contributed by atoms with Gasteiger partial charge < -0.3 is 15.4 Å². The molecular formula is C18H21N3O4. The van der Waals surface area contributed by atoms with Crippen LogP contribution in [0.5, 0.6) is 5.75 Å². The van der Waals surface area contributed by atoms with E-state index in [1.54, 1.807) is 0 Å². The molecule has 2 aromatic rings. The molecule has 132 valence electrons. The Labute approximate surface area is 146 Å². The highest BCUT2D eigenvalue weighted by Crippen LogP contribution is 2.22. The van der Waals surface area contributed by atoms with Crippen molar-refractivity contribution in [3.8, 4) is 5.75 Å². The Hall–Kier alpha value is -3.09. The molecule has 2 amide bonds. The molecule has 0 aliphatic heterocycles. The van der Waals surface area contributed by atoms with E-state index in [2.05, 4.69) is 10.6 Å². The SMILES string of the molecule is Cc1cccc(C)c1OCCCNC(=O)Nc1ccc([N+](=O)[O-])cc1. The second-order valence-corrected chi connectivity index (χ2v) is 5.61. The van der Waals surface area contributed by atoms with Crippen LogP contribution in [0.15, 0.2) is 42.5 Å². The summed E-state index contributed by atoms with van der Waals surface area (Å²) < 4.78 is 5.77. The van der Waals surface area contributed by atoms with Gasteiger partial charge in [-0.3, -0.25) is 10.1 Å². The first kappa shape index (κ1) is 18.3.